The van der Waals surface area contributed by atoms with Crippen LogP contribution < -0.4 is 5.32 Å². The van der Waals surface area contributed by atoms with Gasteiger partial charge in [-0.15, -0.1) is 0 Å². The first-order valence-electron chi connectivity index (χ1n) is 5.54. The molecule has 0 aromatic carbocycles. The maximum atomic E-state index is 5.33. The molecular weight excluding hydrogens is 188 g/mol. The molecule has 0 radical (unpaired) electrons. The van der Waals surface area contributed by atoms with Crippen molar-refractivity contribution in [3.63, 3.8) is 0 Å². The lowest BCUT2D eigenvalue weighted by Crippen LogP contribution is -2.28. The summed E-state index contributed by atoms with van der Waals surface area (Å²) in [5, 5.41) is 3.53. The third-order valence-electron chi connectivity index (χ3n) is 2.81. The standard InChI is InChI=1S/C12H18N2O/c1-9-3-4-12(10(2)13-9)14-11-5-7-15-8-6-11/h3-4,11,14H,5-8H2,1-2H3. The lowest BCUT2D eigenvalue weighted by atomic mass is 10.1. The zero-order chi connectivity index (χ0) is 10.7. The molecule has 0 spiro atoms. The van der Waals surface area contributed by atoms with Crippen LogP contribution in [0.3, 0.4) is 0 Å². The second-order valence-corrected chi connectivity index (χ2v) is 4.12. The number of aromatic nitrogens is 1. The minimum Gasteiger partial charge on any atom is -0.381 e. The molecule has 1 aliphatic rings. The fraction of sp³-hybridized carbons (Fsp3) is 0.583. The van der Waals surface area contributed by atoms with E-state index in [-0.39, 0.29) is 0 Å². The van der Waals surface area contributed by atoms with Crippen LogP contribution >= 0.6 is 0 Å². The van der Waals surface area contributed by atoms with Crippen LogP contribution in [0.25, 0.3) is 0 Å². The molecule has 1 fully saturated rings. The van der Waals surface area contributed by atoms with E-state index in [0.717, 1.165) is 43.1 Å². The fourth-order valence-corrected chi connectivity index (χ4v) is 1.90. The highest BCUT2D eigenvalue weighted by molar-refractivity contribution is 5.48. The summed E-state index contributed by atoms with van der Waals surface area (Å²) in [5.41, 5.74) is 3.32. The van der Waals surface area contributed by atoms with Gasteiger partial charge in [-0.25, -0.2) is 0 Å². The number of nitrogens with one attached hydrogen (secondary N) is 1. The molecule has 0 atom stereocenters. The second kappa shape index (κ2) is 4.62. The summed E-state index contributed by atoms with van der Waals surface area (Å²) in [7, 11) is 0. The first-order chi connectivity index (χ1) is 7.25. The largest absolute Gasteiger partial charge is 0.381 e. The van der Waals surface area contributed by atoms with E-state index in [9.17, 15) is 0 Å². The lowest BCUT2D eigenvalue weighted by molar-refractivity contribution is 0.0904. The molecule has 0 saturated carbocycles. The summed E-state index contributed by atoms with van der Waals surface area (Å²) in [6.07, 6.45) is 2.18. The molecule has 3 nitrogen and oxygen atoms in total. The van der Waals surface area contributed by atoms with E-state index in [4.69, 9.17) is 4.74 Å². The van der Waals surface area contributed by atoms with Crippen molar-refractivity contribution >= 4 is 5.69 Å². The van der Waals surface area contributed by atoms with Crippen LogP contribution in [0.1, 0.15) is 24.2 Å². The number of ether oxygens (including phenoxy) is 1. The lowest BCUT2D eigenvalue weighted by Gasteiger charge is -2.24. The van der Waals surface area contributed by atoms with Gasteiger partial charge in [-0.1, -0.05) is 0 Å². The maximum Gasteiger partial charge on any atom is 0.0606 e. The molecule has 1 aliphatic heterocycles. The average molecular weight is 206 g/mol. The van der Waals surface area contributed by atoms with Gasteiger partial charge in [0.1, 0.15) is 0 Å². The number of hydrogen-bond acceptors (Lipinski definition) is 3. The molecule has 0 bridgehead atoms. The van der Waals surface area contributed by atoms with Gasteiger partial charge in [0.15, 0.2) is 0 Å². The number of rotatable bonds is 2. The van der Waals surface area contributed by atoms with E-state index < -0.39 is 0 Å². The zero-order valence-electron chi connectivity index (χ0n) is 9.42. The molecular formula is C12H18N2O. The summed E-state index contributed by atoms with van der Waals surface area (Å²) < 4.78 is 5.33. The van der Waals surface area contributed by atoms with Crippen LogP contribution in [0, 0.1) is 13.8 Å². The van der Waals surface area contributed by atoms with Crippen molar-refractivity contribution in [2.75, 3.05) is 18.5 Å². The van der Waals surface area contributed by atoms with Crippen molar-refractivity contribution < 1.29 is 4.74 Å². The van der Waals surface area contributed by atoms with Gasteiger partial charge in [-0.2, -0.15) is 0 Å². The predicted molar refractivity (Wildman–Crippen MR) is 61.2 cm³/mol. The number of pyridine rings is 1. The van der Waals surface area contributed by atoms with Crippen LogP contribution in [0.5, 0.6) is 0 Å². The Morgan fingerprint density at radius 3 is 2.67 bits per heavy atom. The molecule has 1 aromatic heterocycles. The van der Waals surface area contributed by atoms with E-state index in [1.807, 2.05) is 6.92 Å². The van der Waals surface area contributed by atoms with Gasteiger partial charge in [0.2, 0.25) is 0 Å². The summed E-state index contributed by atoms with van der Waals surface area (Å²) in [6.45, 7) is 5.81. The minimum absolute atomic E-state index is 0.543. The Kier molecular flexibility index (Phi) is 3.21. The van der Waals surface area contributed by atoms with Crippen LogP contribution in [0.2, 0.25) is 0 Å². The fourth-order valence-electron chi connectivity index (χ4n) is 1.90. The Bertz CT molecular complexity index is 332. The van der Waals surface area contributed by atoms with Crippen molar-refractivity contribution in [2.45, 2.75) is 32.7 Å². The Hall–Kier alpha value is -1.09. The highest BCUT2D eigenvalue weighted by Gasteiger charge is 2.14. The highest BCUT2D eigenvalue weighted by atomic mass is 16.5. The maximum absolute atomic E-state index is 5.33. The Labute approximate surface area is 90.9 Å². The summed E-state index contributed by atoms with van der Waals surface area (Å²) in [6, 6.07) is 4.71. The van der Waals surface area contributed by atoms with Crippen LogP contribution in [0.4, 0.5) is 5.69 Å². The van der Waals surface area contributed by atoms with Crippen molar-refractivity contribution in [1.82, 2.24) is 4.98 Å². The van der Waals surface area contributed by atoms with E-state index >= 15 is 0 Å². The Morgan fingerprint density at radius 2 is 2.00 bits per heavy atom. The number of nitrogens with zero attached hydrogens (tertiary/aromatic N) is 1. The molecule has 3 heteroatoms. The van der Waals surface area contributed by atoms with Crippen molar-refractivity contribution in [2.24, 2.45) is 0 Å². The summed E-state index contributed by atoms with van der Waals surface area (Å²) in [5.74, 6) is 0. The minimum atomic E-state index is 0.543. The quantitative estimate of drug-likeness (QED) is 0.806. The summed E-state index contributed by atoms with van der Waals surface area (Å²) in [4.78, 5) is 4.45. The molecule has 0 amide bonds. The summed E-state index contributed by atoms with van der Waals surface area (Å²) >= 11 is 0. The Morgan fingerprint density at radius 1 is 1.27 bits per heavy atom. The molecule has 1 N–H and O–H groups in total. The topological polar surface area (TPSA) is 34.1 Å². The normalized spacial score (nSPS) is 17.7. The molecule has 2 heterocycles. The van der Waals surface area contributed by atoms with Crippen molar-refractivity contribution in [1.29, 1.82) is 0 Å². The molecule has 15 heavy (non-hydrogen) atoms. The monoisotopic (exact) mass is 206 g/mol. The van der Waals surface area contributed by atoms with Gasteiger partial charge in [-0.05, 0) is 38.8 Å². The predicted octanol–water partition coefficient (Wildman–Crippen LogP) is 2.29. The van der Waals surface area contributed by atoms with Gasteiger partial charge in [0.25, 0.3) is 0 Å². The molecule has 0 unspecified atom stereocenters. The molecule has 1 aromatic rings. The second-order valence-electron chi connectivity index (χ2n) is 4.12. The SMILES string of the molecule is Cc1ccc(NC2CCOCC2)c(C)n1. The Balaban J connectivity index is 2.03. The van der Waals surface area contributed by atoms with Gasteiger partial charge in [0, 0.05) is 24.9 Å². The van der Waals surface area contributed by atoms with E-state index in [2.05, 4.69) is 29.4 Å². The van der Waals surface area contributed by atoms with Gasteiger partial charge in [0.05, 0.1) is 11.4 Å². The molecule has 82 valence electrons. The molecule has 0 aliphatic carbocycles. The molecule has 2 rings (SSSR count). The van der Waals surface area contributed by atoms with Crippen LogP contribution in [0.15, 0.2) is 12.1 Å². The number of aryl methyl sites for hydroxylation is 2. The zero-order valence-corrected chi connectivity index (χ0v) is 9.42. The van der Waals surface area contributed by atoms with Gasteiger partial charge in [-0.3, -0.25) is 4.98 Å². The van der Waals surface area contributed by atoms with Crippen LogP contribution in [-0.2, 0) is 4.74 Å². The van der Waals surface area contributed by atoms with Crippen LogP contribution in [-0.4, -0.2) is 24.2 Å². The first kappa shape index (κ1) is 10.4. The van der Waals surface area contributed by atoms with Crippen molar-refractivity contribution in [3.8, 4) is 0 Å². The highest BCUT2D eigenvalue weighted by Crippen LogP contribution is 2.17. The van der Waals surface area contributed by atoms with Gasteiger partial charge < -0.3 is 10.1 Å². The van der Waals surface area contributed by atoms with E-state index in [1.54, 1.807) is 0 Å². The van der Waals surface area contributed by atoms with Crippen molar-refractivity contribution in [3.05, 3.63) is 23.5 Å². The third kappa shape index (κ3) is 2.69. The number of anilines is 1. The van der Waals surface area contributed by atoms with E-state index in [1.165, 1.54) is 0 Å². The third-order valence-corrected chi connectivity index (χ3v) is 2.81. The smallest absolute Gasteiger partial charge is 0.0606 e. The average Bonchev–Trinajstić information content (AvgIpc) is 2.24. The number of hydrogen-bond donors (Lipinski definition) is 1. The van der Waals surface area contributed by atoms with E-state index in [0.29, 0.717) is 6.04 Å². The molecule has 1 saturated heterocycles. The van der Waals surface area contributed by atoms with Gasteiger partial charge >= 0.3 is 0 Å². The first-order valence-corrected chi connectivity index (χ1v) is 5.54.